The van der Waals surface area contributed by atoms with E-state index in [0.29, 0.717) is 5.56 Å². The lowest BCUT2D eigenvalue weighted by Crippen LogP contribution is -2.10. The molecule has 0 bridgehead atoms. The summed E-state index contributed by atoms with van der Waals surface area (Å²) in [6, 6.07) is 8.12. The molecule has 0 fully saturated rings. The third-order valence-corrected chi connectivity index (χ3v) is 1.80. The minimum atomic E-state index is -3.02. The van der Waals surface area contributed by atoms with E-state index in [9.17, 15) is 14.2 Å². The number of carbonyl (C=O) groups is 2. The van der Waals surface area contributed by atoms with Crippen LogP contribution in [0, 0.1) is 0 Å². The average Bonchev–Trinajstić information content (AvgIpc) is 2.27. The molecule has 1 aromatic carbocycles. The second-order valence-electron chi connectivity index (χ2n) is 2.73. The molecular formula is C9H8O6P+. The summed E-state index contributed by atoms with van der Waals surface area (Å²) in [5, 5.41) is 0. The van der Waals surface area contributed by atoms with Crippen LogP contribution >= 0.6 is 8.25 Å². The monoisotopic (exact) mass is 243 g/mol. The van der Waals surface area contributed by atoms with Gasteiger partial charge in [-0.1, -0.05) is 30.3 Å². The number of Topliss-reactive ketones (excluding diaryl/α,β-unsaturated/α-hetero) is 1. The predicted molar refractivity (Wildman–Crippen MR) is 52.4 cm³/mol. The standard InChI is InChI=1S/C9H7O6P/c10-8(7-4-2-1-3-5-7)6-9(11)14-15-16(12)13/h1-5H,6H2/p+1. The van der Waals surface area contributed by atoms with E-state index < -0.39 is 26.4 Å². The average molecular weight is 243 g/mol. The van der Waals surface area contributed by atoms with Gasteiger partial charge in [-0.3, -0.25) is 9.68 Å². The van der Waals surface area contributed by atoms with Crippen molar-refractivity contribution < 1.29 is 28.6 Å². The van der Waals surface area contributed by atoms with Gasteiger partial charge in [0.25, 0.3) is 0 Å². The number of carbonyl (C=O) groups excluding carboxylic acids is 2. The van der Waals surface area contributed by atoms with E-state index in [2.05, 4.69) is 9.56 Å². The Balaban J connectivity index is 2.46. The van der Waals surface area contributed by atoms with Gasteiger partial charge in [-0.25, -0.2) is 4.79 Å². The molecule has 1 unspecified atom stereocenters. The highest BCUT2D eigenvalue weighted by atomic mass is 31.1. The first kappa shape index (κ1) is 12.4. The molecule has 1 aromatic rings. The summed E-state index contributed by atoms with van der Waals surface area (Å²) in [6.07, 6.45) is -0.548. The van der Waals surface area contributed by atoms with Crippen LogP contribution in [-0.4, -0.2) is 16.6 Å². The van der Waals surface area contributed by atoms with Gasteiger partial charge in [0.15, 0.2) is 5.78 Å². The van der Waals surface area contributed by atoms with Crippen LogP contribution in [0.3, 0.4) is 0 Å². The maximum absolute atomic E-state index is 11.4. The highest BCUT2D eigenvalue weighted by molar-refractivity contribution is 7.31. The van der Waals surface area contributed by atoms with Crippen LogP contribution in [-0.2, 0) is 18.9 Å². The van der Waals surface area contributed by atoms with E-state index in [1.54, 1.807) is 30.3 Å². The summed E-state index contributed by atoms with van der Waals surface area (Å²) in [7, 11) is -3.02. The molecular weight excluding hydrogens is 235 g/mol. The van der Waals surface area contributed by atoms with Gasteiger partial charge in [0.1, 0.15) is 11.1 Å². The molecule has 1 atom stereocenters. The topological polar surface area (TPSA) is 89.9 Å². The SMILES string of the molecule is O=C(CC(=O)c1ccccc1)OO[P+](=O)O. The smallest absolute Gasteiger partial charge is 0.294 e. The summed E-state index contributed by atoms with van der Waals surface area (Å²) < 4.78 is 13.7. The van der Waals surface area contributed by atoms with Crippen LogP contribution in [0.1, 0.15) is 16.8 Å². The molecule has 0 heterocycles. The number of rotatable bonds is 5. The van der Waals surface area contributed by atoms with E-state index in [4.69, 9.17) is 4.89 Å². The summed E-state index contributed by atoms with van der Waals surface area (Å²) in [5.41, 5.74) is 0.354. The van der Waals surface area contributed by atoms with Crippen molar-refractivity contribution in [2.24, 2.45) is 0 Å². The van der Waals surface area contributed by atoms with E-state index in [1.165, 1.54) is 0 Å². The molecule has 0 amide bonds. The van der Waals surface area contributed by atoms with E-state index in [1.807, 2.05) is 0 Å². The quantitative estimate of drug-likeness (QED) is 0.276. The Hall–Kier alpha value is -1.62. The lowest BCUT2D eigenvalue weighted by molar-refractivity contribution is -0.213. The van der Waals surface area contributed by atoms with Crippen molar-refractivity contribution in [3.05, 3.63) is 35.9 Å². The first-order chi connectivity index (χ1) is 7.59. The molecule has 0 saturated carbocycles. The molecule has 84 valence electrons. The first-order valence-electron chi connectivity index (χ1n) is 4.21. The second-order valence-corrected chi connectivity index (χ2v) is 3.36. The minimum Gasteiger partial charge on any atom is -0.294 e. The van der Waals surface area contributed by atoms with Crippen molar-refractivity contribution in [3.63, 3.8) is 0 Å². The Kier molecular flexibility index (Phi) is 4.72. The highest BCUT2D eigenvalue weighted by Gasteiger charge is 2.20. The lowest BCUT2D eigenvalue weighted by Gasteiger charge is -1.97. The van der Waals surface area contributed by atoms with Crippen molar-refractivity contribution in [1.29, 1.82) is 0 Å². The molecule has 0 aliphatic carbocycles. The van der Waals surface area contributed by atoms with Gasteiger partial charge in [0.2, 0.25) is 0 Å². The largest absolute Gasteiger partial charge is 0.736 e. The van der Waals surface area contributed by atoms with Crippen LogP contribution in [0.2, 0.25) is 0 Å². The zero-order valence-corrected chi connectivity index (χ0v) is 8.92. The maximum atomic E-state index is 11.4. The lowest BCUT2D eigenvalue weighted by atomic mass is 10.1. The number of ketones is 1. The van der Waals surface area contributed by atoms with E-state index in [-0.39, 0.29) is 0 Å². The van der Waals surface area contributed by atoms with Crippen LogP contribution in [0.5, 0.6) is 0 Å². The molecule has 6 nitrogen and oxygen atoms in total. The highest BCUT2D eigenvalue weighted by Crippen LogP contribution is 2.15. The molecule has 0 saturated heterocycles. The number of hydrogen-bond donors (Lipinski definition) is 1. The molecule has 0 aliphatic heterocycles. The van der Waals surface area contributed by atoms with Crippen LogP contribution in [0.15, 0.2) is 30.3 Å². The van der Waals surface area contributed by atoms with Gasteiger partial charge in [0.05, 0.1) is 0 Å². The molecule has 0 aliphatic rings. The molecule has 0 aromatic heterocycles. The first-order valence-corrected chi connectivity index (χ1v) is 5.34. The van der Waals surface area contributed by atoms with Gasteiger partial charge in [-0.05, 0) is 0 Å². The summed E-state index contributed by atoms with van der Waals surface area (Å²) in [6.45, 7) is 0. The fraction of sp³-hybridized carbons (Fsp3) is 0.111. The van der Waals surface area contributed by atoms with Crippen LogP contribution in [0.25, 0.3) is 0 Å². The predicted octanol–water partition coefficient (Wildman–Crippen LogP) is 1.38. The Bertz CT molecular complexity index is 402. The Morgan fingerprint density at radius 2 is 1.88 bits per heavy atom. The fourth-order valence-corrected chi connectivity index (χ4v) is 1.11. The molecule has 1 rings (SSSR count). The zero-order valence-electron chi connectivity index (χ0n) is 8.03. The number of hydrogen-bond acceptors (Lipinski definition) is 5. The molecule has 7 heteroatoms. The summed E-state index contributed by atoms with van der Waals surface area (Å²) in [5.74, 6) is -1.48. The Morgan fingerprint density at radius 1 is 1.25 bits per heavy atom. The van der Waals surface area contributed by atoms with Crippen molar-refractivity contribution in [2.45, 2.75) is 6.42 Å². The third-order valence-electron chi connectivity index (χ3n) is 1.59. The second kappa shape index (κ2) is 6.07. The van der Waals surface area contributed by atoms with Crippen molar-refractivity contribution >= 4 is 20.0 Å². The Labute approximate surface area is 91.7 Å². The molecule has 0 spiro atoms. The van der Waals surface area contributed by atoms with Gasteiger partial charge in [-0.15, -0.1) is 4.89 Å². The molecule has 16 heavy (non-hydrogen) atoms. The van der Waals surface area contributed by atoms with Crippen LogP contribution in [0.4, 0.5) is 0 Å². The number of benzene rings is 1. The van der Waals surface area contributed by atoms with Crippen molar-refractivity contribution in [1.82, 2.24) is 0 Å². The van der Waals surface area contributed by atoms with Gasteiger partial charge in [-0.2, -0.15) is 0 Å². The van der Waals surface area contributed by atoms with Gasteiger partial charge in [0, 0.05) is 10.1 Å². The summed E-state index contributed by atoms with van der Waals surface area (Å²) in [4.78, 5) is 34.4. The van der Waals surface area contributed by atoms with Gasteiger partial charge < -0.3 is 0 Å². The van der Waals surface area contributed by atoms with E-state index in [0.717, 1.165) is 0 Å². The fourth-order valence-electron chi connectivity index (χ4n) is 0.960. The van der Waals surface area contributed by atoms with Crippen molar-refractivity contribution in [3.8, 4) is 0 Å². The van der Waals surface area contributed by atoms with Crippen LogP contribution < -0.4 is 0 Å². The Morgan fingerprint density at radius 3 is 2.44 bits per heavy atom. The molecule has 0 radical (unpaired) electrons. The zero-order chi connectivity index (χ0) is 12.0. The molecule has 1 N–H and O–H groups in total. The maximum Gasteiger partial charge on any atom is 0.736 e. The minimum absolute atomic E-state index is 0.354. The van der Waals surface area contributed by atoms with Crippen molar-refractivity contribution in [2.75, 3.05) is 0 Å². The normalized spacial score (nSPS) is 10.7. The van der Waals surface area contributed by atoms with E-state index >= 15 is 0 Å². The summed E-state index contributed by atoms with van der Waals surface area (Å²) >= 11 is 0. The third kappa shape index (κ3) is 4.27. The van der Waals surface area contributed by atoms with Gasteiger partial charge >= 0.3 is 14.2 Å².